The molecule has 0 aromatic rings. The van der Waals surface area contributed by atoms with Crippen LogP contribution in [-0.2, 0) is 57.1 Å². The molecule has 8 fully saturated rings. The van der Waals surface area contributed by atoms with Crippen molar-refractivity contribution in [3.8, 4) is 0 Å². The SMILES string of the molecule is CCC(C)(C)C(=O)OCCOC(=O)COC.CCC(C)(C)C(=O)OCOC.O=C1OC2CC3CC(C2)CC1C3.O=C1OC2CC3CC(C2)CC1C3. The Morgan fingerprint density at radius 1 is 0.588 bits per heavy atom. The zero-order valence-electron chi connectivity index (χ0n) is 32.3. The molecule has 8 aliphatic rings. The molecule has 0 radical (unpaired) electrons. The highest BCUT2D eigenvalue weighted by Crippen LogP contribution is 2.48. The van der Waals surface area contributed by atoms with Crippen molar-refractivity contribution < 1.29 is 57.1 Å². The van der Waals surface area contributed by atoms with Crippen LogP contribution in [0.5, 0.6) is 0 Å². The molecule has 8 bridgehead atoms. The summed E-state index contributed by atoms with van der Waals surface area (Å²) in [5, 5.41) is 0. The fraction of sp³-hybridized carbons (Fsp3) is 0.872. The quantitative estimate of drug-likeness (QED) is 0.103. The number of ether oxygens (including phenoxy) is 7. The lowest BCUT2D eigenvalue weighted by atomic mass is 9.68. The first-order valence-corrected chi connectivity index (χ1v) is 19.0. The van der Waals surface area contributed by atoms with Crippen molar-refractivity contribution >= 4 is 29.8 Å². The van der Waals surface area contributed by atoms with Gasteiger partial charge in [0, 0.05) is 14.2 Å². The molecule has 4 unspecified atom stereocenters. The number of rotatable bonds is 11. The van der Waals surface area contributed by atoms with Gasteiger partial charge in [0.25, 0.3) is 0 Å². The van der Waals surface area contributed by atoms with E-state index in [1.165, 1.54) is 27.1 Å². The average Bonchev–Trinajstić information content (AvgIpc) is 3.37. The van der Waals surface area contributed by atoms with Gasteiger partial charge in [-0.3, -0.25) is 19.2 Å². The first kappa shape index (κ1) is 42.7. The van der Waals surface area contributed by atoms with Crippen LogP contribution in [-0.4, -0.2) is 82.9 Å². The molecule has 4 atom stereocenters. The molecule has 12 nitrogen and oxygen atoms in total. The second-order valence-electron chi connectivity index (χ2n) is 16.4. The van der Waals surface area contributed by atoms with Gasteiger partial charge >= 0.3 is 29.8 Å². The predicted octanol–water partition coefficient (Wildman–Crippen LogP) is 6.20. The van der Waals surface area contributed by atoms with Crippen LogP contribution in [0.4, 0.5) is 0 Å². The van der Waals surface area contributed by atoms with E-state index in [9.17, 15) is 24.0 Å². The minimum atomic E-state index is -0.490. The Morgan fingerprint density at radius 2 is 0.980 bits per heavy atom. The van der Waals surface area contributed by atoms with Gasteiger partial charge in [0.15, 0.2) is 6.79 Å². The Kier molecular flexibility index (Phi) is 16.7. The Labute approximate surface area is 304 Å². The molecule has 4 saturated carbocycles. The van der Waals surface area contributed by atoms with Gasteiger partial charge in [-0.2, -0.15) is 0 Å². The normalized spacial score (nSPS) is 29.6. The van der Waals surface area contributed by atoms with Gasteiger partial charge in [0.05, 0.1) is 22.7 Å². The second kappa shape index (κ2) is 19.9. The highest BCUT2D eigenvalue weighted by Gasteiger charge is 2.45. The number of hydrogen-bond donors (Lipinski definition) is 0. The predicted molar refractivity (Wildman–Crippen MR) is 187 cm³/mol. The van der Waals surface area contributed by atoms with Crippen molar-refractivity contribution in [2.24, 2.45) is 46.3 Å². The van der Waals surface area contributed by atoms with E-state index >= 15 is 0 Å². The molecular formula is C39H64O12. The van der Waals surface area contributed by atoms with Crippen molar-refractivity contribution in [2.45, 2.75) is 131 Å². The van der Waals surface area contributed by atoms with E-state index in [0.29, 0.717) is 6.42 Å². The van der Waals surface area contributed by atoms with Gasteiger partial charge in [0.1, 0.15) is 32.0 Å². The maximum atomic E-state index is 11.5. The van der Waals surface area contributed by atoms with E-state index in [0.717, 1.165) is 81.5 Å². The number of fused-ring (bicyclic) bond motifs is 2. The van der Waals surface area contributed by atoms with E-state index in [-0.39, 0.29) is 74.5 Å². The van der Waals surface area contributed by atoms with Crippen molar-refractivity contribution in [3.05, 3.63) is 0 Å². The van der Waals surface area contributed by atoms with Crippen molar-refractivity contribution in [1.29, 1.82) is 0 Å². The smallest absolute Gasteiger partial charge is 0.332 e. The number of methoxy groups -OCH3 is 2. The van der Waals surface area contributed by atoms with Crippen LogP contribution >= 0.6 is 0 Å². The first-order valence-electron chi connectivity index (χ1n) is 19.0. The summed E-state index contributed by atoms with van der Waals surface area (Å²) >= 11 is 0. The van der Waals surface area contributed by atoms with Crippen molar-refractivity contribution in [3.63, 3.8) is 0 Å². The molecule has 4 saturated heterocycles. The van der Waals surface area contributed by atoms with Crippen LogP contribution < -0.4 is 0 Å². The highest BCUT2D eigenvalue weighted by atomic mass is 16.7. The summed E-state index contributed by atoms with van der Waals surface area (Å²) in [5.41, 5.74) is -0.880. The standard InChI is InChI=1S/C11H20O5.2C10H14O2.C8H16O3/c1-5-11(2,3)10(13)16-7-6-15-9(12)8-14-4;2*11-10-8-2-6-1-7(3-8)5-9(4-6)12-10;1-5-8(2,3)7(9)11-6-10-4/h5-8H2,1-4H3;2*6-9H,1-5H2;5-6H2,1-4H3. The minimum absolute atomic E-state index is 0.0439. The third-order valence-corrected chi connectivity index (χ3v) is 11.4. The summed E-state index contributed by atoms with van der Waals surface area (Å²) in [6.07, 6.45) is 13.9. The lowest BCUT2D eigenvalue weighted by molar-refractivity contribution is -0.164. The molecule has 4 heterocycles. The Balaban J connectivity index is 0.000000185. The maximum absolute atomic E-state index is 11.5. The number of esters is 5. The highest BCUT2D eigenvalue weighted by molar-refractivity contribution is 5.76. The van der Waals surface area contributed by atoms with Crippen molar-refractivity contribution in [1.82, 2.24) is 0 Å². The molecule has 0 spiro atoms. The monoisotopic (exact) mass is 724 g/mol. The van der Waals surface area contributed by atoms with Gasteiger partial charge < -0.3 is 33.2 Å². The van der Waals surface area contributed by atoms with Crippen molar-refractivity contribution in [2.75, 3.05) is 40.8 Å². The summed E-state index contributed by atoms with van der Waals surface area (Å²) < 4.78 is 34.5. The summed E-state index contributed by atoms with van der Waals surface area (Å²) in [5.74, 6) is 3.00. The summed E-state index contributed by atoms with van der Waals surface area (Å²) in [7, 11) is 2.90. The molecule has 8 rings (SSSR count). The van der Waals surface area contributed by atoms with Crippen LogP contribution in [0.25, 0.3) is 0 Å². The molecule has 4 aliphatic carbocycles. The Bertz CT molecular complexity index is 1090. The summed E-state index contributed by atoms with van der Waals surface area (Å²) in [6, 6.07) is 0. The average molecular weight is 725 g/mol. The van der Waals surface area contributed by atoms with Gasteiger partial charge in [-0.15, -0.1) is 0 Å². The maximum Gasteiger partial charge on any atom is 0.332 e. The van der Waals surface area contributed by atoms with E-state index in [1.54, 1.807) is 0 Å². The molecule has 0 N–H and O–H groups in total. The van der Waals surface area contributed by atoms with Crippen LogP contribution in [0.3, 0.4) is 0 Å². The van der Waals surface area contributed by atoms with Gasteiger partial charge in [0.2, 0.25) is 0 Å². The lowest BCUT2D eigenvalue weighted by Crippen LogP contribution is -2.29. The zero-order valence-corrected chi connectivity index (χ0v) is 32.3. The van der Waals surface area contributed by atoms with Crippen LogP contribution in [0.15, 0.2) is 0 Å². The molecular weight excluding hydrogens is 660 g/mol. The third-order valence-electron chi connectivity index (χ3n) is 11.4. The summed E-state index contributed by atoms with van der Waals surface area (Å²) in [4.78, 5) is 56.4. The minimum Gasteiger partial charge on any atom is -0.462 e. The zero-order chi connectivity index (χ0) is 37.8. The number of hydrogen-bond acceptors (Lipinski definition) is 12. The van der Waals surface area contributed by atoms with Crippen LogP contribution in [0, 0.1) is 46.3 Å². The number of carbonyl (C=O) groups is 5. The fourth-order valence-electron chi connectivity index (χ4n) is 7.92. The topological polar surface area (TPSA) is 150 Å². The van der Waals surface area contributed by atoms with E-state index in [2.05, 4.69) is 9.47 Å². The molecule has 51 heavy (non-hydrogen) atoms. The van der Waals surface area contributed by atoms with Gasteiger partial charge in [-0.25, -0.2) is 4.79 Å². The first-order chi connectivity index (χ1) is 24.1. The Morgan fingerprint density at radius 3 is 1.35 bits per heavy atom. The molecule has 0 amide bonds. The molecule has 0 aromatic carbocycles. The van der Waals surface area contributed by atoms with Crippen LogP contribution in [0.2, 0.25) is 0 Å². The molecule has 12 heteroatoms. The van der Waals surface area contributed by atoms with Gasteiger partial charge in [-0.05, 0) is 128 Å². The largest absolute Gasteiger partial charge is 0.462 e. The Hall–Kier alpha value is -2.73. The van der Waals surface area contributed by atoms with E-state index in [1.807, 2.05) is 41.5 Å². The third kappa shape index (κ3) is 13.3. The summed E-state index contributed by atoms with van der Waals surface area (Å²) in [6.45, 7) is 11.3. The molecule has 292 valence electrons. The molecule has 0 aromatic heterocycles. The van der Waals surface area contributed by atoms with Gasteiger partial charge in [-0.1, -0.05) is 13.8 Å². The lowest BCUT2D eigenvalue weighted by Gasteiger charge is -2.35. The van der Waals surface area contributed by atoms with Crippen LogP contribution in [0.1, 0.15) is 119 Å². The number of carbonyl (C=O) groups excluding carboxylic acids is 5. The molecule has 4 aliphatic heterocycles. The fourth-order valence-corrected chi connectivity index (χ4v) is 7.92. The van der Waals surface area contributed by atoms with E-state index in [4.69, 9.17) is 23.7 Å². The van der Waals surface area contributed by atoms with E-state index < -0.39 is 16.8 Å². The second-order valence-corrected chi connectivity index (χ2v) is 16.4.